The number of amides is 2. The van der Waals surface area contributed by atoms with Gasteiger partial charge in [-0.3, -0.25) is 14.9 Å². The summed E-state index contributed by atoms with van der Waals surface area (Å²) in [6.45, 7) is 1.30. The molecule has 11 heteroatoms. The van der Waals surface area contributed by atoms with Crippen LogP contribution in [0.15, 0.2) is 27.0 Å². The second-order valence-electron chi connectivity index (χ2n) is 5.68. The van der Waals surface area contributed by atoms with E-state index in [4.69, 9.17) is 16.3 Å². The molecule has 144 valence electrons. The third kappa shape index (κ3) is 6.15. The van der Waals surface area contributed by atoms with Crippen LogP contribution in [0.25, 0.3) is 0 Å². The summed E-state index contributed by atoms with van der Waals surface area (Å²) in [5.41, 5.74) is 0.337. The van der Waals surface area contributed by atoms with Crippen LogP contribution in [0.1, 0.15) is 23.2 Å². The lowest BCUT2D eigenvalue weighted by atomic mass is 10.2. The Morgan fingerprint density at radius 1 is 1.41 bits per heavy atom. The number of benzene rings is 1. The van der Waals surface area contributed by atoms with Crippen LogP contribution in [0.2, 0.25) is 5.02 Å². The van der Waals surface area contributed by atoms with Crippen molar-refractivity contribution >= 4 is 67.6 Å². The van der Waals surface area contributed by atoms with E-state index in [0.29, 0.717) is 26.6 Å². The number of anilines is 1. The number of hydrogen-bond acceptors (Lipinski definition) is 7. The summed E-state index contributed by atoms with van der Waals surface area (Å²) >= 11 is 11.8. The zero-order valence-electron chi connectivity index (χ0n) is 14.0. The van der Waals surface area contributed by atoms with E-state index in [1.54, 1.807) is 18.2 Å². The zero-order valence-corrected chi connectivity index (χ0v) is 18.0. The normalized spacial score (nSPS) is 16.3. The largest absolute Gasteiger partial charge is 0.376 e. The van der Waals surface area contributed by atoms with Gasteiger partial charge < -0.3 is 10.1 Å². The van der Waals surface area contributed by atoms with Crippen LogP contribution < -0.4 is 10.6 Å². The number of thioether (sulfide) groups is 1. The number of ether oxygens (including phenoxy) is 1. The predicted octanol–water partition coefficient (Wildman–Crippen LogP) is 3.59. The van der Waals surface area contributed by atoms with Gasteiger partial charge in [-0.2, -0.15) is 0 Å². The first-order chi connectivity index (χ1) is 13.0. The van der Waals surface area contributed by atoms with Gasteiger partial charge in [0.1, 0.15) is 0 Å². The van der Waals surface area contributed by atoms with Gasteiger partial charge in [-0.25, -0.2) is 0 Å². The highest BCUT2D eigenvalue weighted by molar-refractivity contribution is 9.10. The van der Waals surface area contributed by atoms with E-state index in [1.807, 2.05) is 0 Å². The molecule has 1 aliphatic heterocycles. The zero-order chi connectivity index (χ0) is 19.2. The number of hydrogen-bond donors (Lipinski definition) is 2. The van der Waals surface area contributed by atoms with Crippen molar-refractivity contribution in [3.8, 4) is 0 Å². The topological polar surface area (TPSA) is 93.2 Å². The number of halogens is 2. The highest BCUT2D eigenvalue weighted by Crippen LogP contribution is 2.27. The van der Waals surface area contributed by atoms with Gasteiger partial charge >= 0.3 is 0 Å². The monoisotopic (exact) mass is 490 g/mol. The summed E-state index contributed by atoms with van der Waals surface area (Å²) < 4.78 is 6.81. The maximum atomic E-state index is 12.3. The van der Waals surface area contributed by atoms with E-state index >= 15 is 0 Å². The molecule has 0 aliphatic carbocycles. The Bertz CT molecular complexity index is 830. The number of nitrogens with zero attached hydrogens (tertiary/aromatic N) is 2. The maximum absolute atomic E-state index is 12.3. The fourth-order valence-electron chi connectivity index (χ4n) is 2.37. The number of carbonyl (C=O) groups excluding carboxylic acids is 2. The van der Waals surface area contributed by atoms with Gasteiger partial charge in [-0.05, 0) is 31.0 Å². The van der Waals surface area contributed by atoms with Gasteiger partial charge in [0.25, 0.3) is 5.91 Å². The Labute approximate surface area is 177 Å². The molecular weight excluding hydrogens is 476 g/mol. The second kappa shape index (κ2) is 9.83. The van der Waals surface area contributed by atoms with Crippen LogP contribution >= 0.6 is 50.6 Å². The van der Waals surface area contributed by atoms with Crippen LogP contribution in [0.5, 0.6) is 0 Å². The smallest absolute Gasteiger partial charge is 0.259 e. The van der Waals surface area contributed by atoms with Crippen molar-refractivity contribution in [1.82, 2.24) is 15.5 Å². The molecule has 1 aromatic carbocycles. The minimum Gasteiger partial charge on any atom is -0.376 e. The lowest BCUT2D eigenvalue weighted by Crippen LogP contribution is -2.32. The first kappa shape index (κ1) is 20.5. The summed E-state index contributed by atoms with van der Waals surface area (Å²) in [6, 6.07) is 5.02. The fourth-order valence-corrected chi connectivity index (χ4v) is 4.51. The summed E-state index contributed by atoms with van der Waals surface area (Å²) in [7, 11) is 0. The van der Waals surface area contributed by atoms with Gasteiger partial charge in [-0.1, -0.05) is 50.6 Å². The molecule has 2 N–H and O–H groups in total. The van der Waals surface area contributed by atoms with Gasteiger partial charge in [0.2, 0.25) is 11.0 Å². The average molecular weight is 492 g/mol. The quantitative estimate of drug-likeness (QED) is 0.454. The molecule has 0 spiro atoms. The molecule has 2 amide bonds. The molecule has 1 fully saturated rings. The van der Waals surface area contributed by atoms with Crippen molar-refractivity contribution in [1.29, 1.82) is 0 Å². The highest BCUT2D eigenvalue weighted by atomic mass is 79.9. The first-order valence-corrected chi connectivity index (χ1v) is 11.1. The predicted molar refractivity (Wildman–Crippen MR) is 110 cm³/mol. The minimum absolute atomic E-state index is 0.0859. The van der Waals surface area contributed by atoms with Crippen LogP contribution in [0.4, 0.5) is 5.13 Å². The number of nitrogens with one attached hydrogen (secondary N) is 2. The highest BCUT2D eigenvalue weighted by Gasteiger charge is 2.17. The lowest BCUT2D eigenvalue weighted by molar-refractivity contribution is -0.119. The van der Waals surface area contributed by atoms with Gasteiger partial charge in [0, 0.05) is 17.6 Å². The summed E-state index contributed by atoms with van der Waals surface area (Å²) in [5, 5.41) is 14.1. The molecule has 1 saturated heterocycles. The Hall–Kier alpha value is -1.20. The third-order valence-electron chi connectivity index (χ3n) is 3.68. The van der Waals surface area contributed by atoms with Gasteiger partial charge in [0.05, 0.1) is 22.4 Å². The molecule has 0 bridgehead atoms. The molecule has 7 nitrogen and oxygen atoms in total. The molecule has 2 aromatic rings. The maximum Gasteiger partial charge on any atom is 0.259 e. The van der Waals surface area contributed by atoms with Crippen LogP contribution in [0, 0.1) is 0 Å². The van der Waals surface area contributed by atoms with E-state index in [0.717, 1.165) is 23.9 Å². The van der Waals surface area contributed by atoms with Crippen LogP contribution in [-0.2, 0) is 9.53 Å². The van der Waals surface area contributed by atoms with E-state index in [9.17, 15) is 9.59 Å². The molecule has 2 heterocycles. The van der Waals surface area contributed by atoms with Gasteiger partial charge in [0.15, 0.2) is 4.34 Å². The fraction of sp³-hybridized carbons (Fsp3) is 0.375. The average Bonchev–Trinajstić information content (AvgIpc) is 3.32. The SMILES string of the molecule is O=C(CSc1nnc(NC(=O)c2cc(Br)ccc2Cl)s1)NCC1CCCO1. The van der Waals surface area contributed by atoms with Crippen molar-refractivity contribution in [2.24, 2.45) is 0 Å². The summed E-state index contributed by atoms with van der Waals surface area (Å²) in [6.07, 6.45) is 2.14. The molecule has 1 atom stereocenters. The van der Waals surface area contributed by atoms with E-state index in [1.165, 1.54) is 23.1 Å². The Morgan fingerprint density at radius 3 is 3.04 bits per heavy atom. The minimum atomic E-state index is -0.372. The van der Waals surface area contributed by atoms with Gasteiger partial charge in [-0.15, -0.1) is 10.2 Å². The number of aromatic nitrogens is 2. The Kier molecular flexibility index (Phi) is 7.48. The summed E-state index contributed by atoms with van der Waals surface area (Å²) in [4.78, 5) is 24.2. The summed E-state index contributed by atoms with van der Waals surface area (Å²) in [5.74, 6) is -0.229. The molecule has 0 saturated carbocycles. The standard InChI is InChI=1S/C16H16BrClN4O3S2/c17-9-3-4-12(18)11(6-9)14(24)20-15-21-22-16(27-15)26-8-13(23)19-7-10-2-1-5-25-10/h3-4,6,10H,1-2,5,7-8H2,(H,19,23)(H,20,21,24). The van der Waals surface area contributed by atoms with E-state index < -0.39 is 0 Å². The van der Waals surface area contributed by atoms with E-state index in [-0.39, 0.29) is 23.7 Å². The lowest BCUT2D eigenvalue weighted by Gasteiger charge is -2.09. The van der Waals surface area contributed by atoms with Crippen LogP contribution in [0.3, 0.4) is 0 Å². The van der Waals surface area contributed by atoms with Crippen molar-refractivity contribution in [2.75, 3.05) is 24.2 Å². The molecule has 3 rings (SSSR count). The molecule has 1 aromatic heterocycles. The van der Waals surface area contributed by atoms with Crippen LogP contribution in [-0.4, -0.2) is 47.0 Å². The molecule has 1 aliphatic rings. The molecule has 1 unspecified atom stereocenters. The van der Waals surface area contributed by atoms with Crippen molar-refractivity contribution in [3.05, 3.63) is 33.3 Å². The molecular formula is C16H16BrClN4O3S2. The van der Waals surface area contributed by atoms with Crippen molar-refractivity contribution in [3.63, 3.8) is 0 Å². The van der Waals surface area contributed by atoms with Crippen molar-refractivity contribution in [2.45, 2.75) is 23.3 Å². The Balaban J connectivity index is 1.47. The second-order valence-corrected chi connectivity index (χ2v) is 9.20. The molecule has 0 radical (unpaired) electrons. The number of carbonyl (C=O) groups is 2. The molecule has 27 heavy (non-hydrogen) atoms. The van der Waals surface area contributed by atoms with Crippen molar-refractivity contribution < 1.29 is 14.3 Å². The first-order valence-electron chi connectivity index (χ1n) is 8.12. The number of rotatable bonds is 7. The van der Waals surface area contributed by atoms with E-state index in [2.05, 4.69) is 36.8 Å². The third-order valence-corrected chi connectivity index (χ3v) is 6.47. The Morgan fingerprint density at radius 2 is 2.26 bits per heavy atom.